The Labute approximate surface area is 90.8 Å². The van der Waals surface area contributed by atoms with Crippen LogP contribution in [0.1, 0.15) is 19.3 Å². The van der Waals surface area contributed by atoms with Gasteiger partial charge in [-0.3, -0.25) is 4.68 Å². The summed E-state index contributed by atoms with van der Waals surface area (Å²) >= 11 is 3.31. The minimum Gasteiger partial charge on any atom is -0.381 e. The van der Waals surface area contributed by atoms with Crippen LogP contribution in [0.5, 0.6) is 0 Å². The highest BCUT2D eigenvalue weighted by molar-refractivity contribution is 9.10. The maximum absolute atomic E-state index is 8.67. The number of nitrogens with zero attached hydrogens (tertiary/aromatic N) is 3. The molecule has 0 aliphatic heterocycles. The number of nitrogen functional groups attached to an aromatic ring is 1. The van der Waals surface area contributed by atoms with Crippen LogP contribution >= 0.6 is 15.9 Å². The lowest BCUT2D eigenvalue weighted by atomic mass is 10.0. The smallest absolute Gasteiger partial charge is 0.159 e. The molecule has 74 valence electrons. The zero-order valence-electron chi connectivity index (χ0n) is 7.70. The van der Waals surface area contributed by atoms with Crippen LogP contribution in [-0.4, -0.2) is 9.78 Å². The van der Waals surface area contributed by atoms with Crippen LogP contribution in [0.15, 0.2) is 10.7 Å². The summed E-state index contributed by atoms with van der Waals surface area (Å²) in [5.41, 5.74) is 5.78. The standard InChI is InChI=1S/C9H11BrN4/c10-7-5-14(13-8(7)12)6-9(1-2-9)3-4-11/h5H,1-3,6H2,(H2,12,13). The van der Waals surface area contributed by atoms with Crippen molar-refractivity contribution in [3.05, 3.63) is 10.7 Å². The first-order valence-corrected chi connectivity index (χ1v) is 5.30. The van der Waals surface area contributed by atoms with Crippen LogP contribution in [0.3, 0.4) is 0 Å². The maximum atomic E-state index is 8.67. The van der Waals surface area contributed by atoms with E-state index in [9.17, 15) is 0 Å². The number of rotatable bonds is 3. The zero-order valence-corrected chi connectivity index (χ0v) is 9.29. The predicted octanol–water partition coefficient (Wildman–Crippen LogP) is 1.92. The van der Waals surface area contributed by atoms with Gasteiger partial charge in [-0.2, -0.15) is 10.4 Å². The van der Waals surface area contributed by atoms with Gasteiger partial charge in [0.2, 0.25) is 0 Å². The first-order valence-electron chi connectivity index (χ1n) is 4.51. The summed E-state index contributed by atoms with van der Waals surface area (Å²) in [6.45, 7) is 0.802. The molecule has 0 spiro atoms. The third-order valence-corrected chi connectivity index (χ3v) is 3.26. The summed E-state index contributed by atoms with van der Waals surface area (Å²) in [5.74, 6) is 0.512. The van der Waals surface area contributed by atoms with E-state index in [-0.39, 0.29) is 5.41 Å². The summed E-state index contributed by atoms with van der Waals surface area (Å²) in [6.07, 6.45) is 4.73. The number of aromatic nitrogens is 2. The molecule has 1 aromatic heterocycles. The van der Waals surface area contributed by atoms with E-state index in [1.165, 1.54) is 0 Å². The number of halogens is 1. The van der Waals surface area contributed by atoms with Gasteiger partial charge in [0, 0.05) is 24.6 Å². The molecule has 1 heterocycles. The number of nitriles is 1. The summed E-state index contributed by atoms with van der Waals surface area (Å²) in [5, 5.41) is 12.8. The second-order valence-corrected chi connectivity index (χ2v) is 4.75. The first-order chi connectivity index (χ1) is 6.65. The van der Waals surface area contributed by atoms with Crippen molar-refractivity contribution in [3.8, 4) is 6.07 Å². The van der Waals surface area contributed by atoms with E-state index in [0.29, 0.717) is 12.2 Å². The molecule has 0 saturated heterocycles. The fourth-order valence-corrected chi connectivity index (χ4v) is 1.89. The van der Waals surface area contributed by atoms with E-state index >= 15 is 0 Å². The molecule has 0 atom stereocenters. The van der Waals surface area contributed by atoms with Crippen molar-refractivity contribution in [2.45, 2.75) is 25.8 Å². The average molecular weight is 255 g/mol. The van der Waals surface area contributed by atoms with Gasteiger partial charge in [0.05, 0.1) is 10.5 Å². The van der Waals surface area contributed by atoms with Gasteiger partial charge in [-0.05, 0) is 28.8 Å². The van der Waals surface area contributed by atoms with Gasteiger partial charge in [0.1, 0.15) is 0 Å². The molecule has 0 unspecified atom stereocenters. The number of anilines is 1. The molecule has 2 N–H and O–H groups in total. The minimum absolute atomic E-state index is 0.173. The van der Waals surface area contributed by atoms with Crippen molar-refractivity contribution in [1.29, 1.82) is 5.26 Å². The fourth-order valence-electron chi connectivity index (χ4n) is 1.57. The molecule has 1 fully saturated rings. The van der Waals surface area contributed by atoms with Crippen molar-refractivity contribution in [3.63, 3.8) is 0 Å². The van der Waals surface area contributed by atoms with Crippen molar-refractivity contribution < 1.29 is 0 Å². The van der Waals surface area contributed by atoms with Crippen LogP contribution in [0, 0.1) is 16.7 Å². The third-order valence-electron chi connectivity index (χ3n) is 2.65. The van der Waals surface area contributed by atoms with E-state index in [1.807, 2.05) is 10.9 Å². The normalized spacial score (nSPS) is 17.7. The Balaban J connectivity index is 2.08. The van der Waals surface area contributed by atoms with E-state index in [0.717, 1.165) is 23.9 Å². The van der Waals surface area contributed by atoms with Gasteiger partial charge >= 0.3 is 0 Å². The monoisotopic (exact) mass is 254 g/mol. The molecule has 1 saturated carbocycles. The highest BCUT2D eigenvalue weighted by atomic mass is 79.9. The second kappa shape index (κ2) is 3.28. The number of hydrogen-bond donors (Lipinski definition) is 1. The van der Waals surface area contributed by atoms with E-state index in [1.54, 1.807) is 0 Å². The Morgan fingerprint density at radius 2 is 2.43 bits per heavy atom. The molecule has 1 aliphatic carbocycles. The van der Waals surface area contributed by atoms with Crippen molar-refractivity contribution in [1.82, 2.24) is 9.78 Å². The quantitative estimate of drug-likeness (QED) is 0.897. The van der Waals surface area contributed by atoms with Gasteiger partial charge in [0.15, 0.2) is 5.82 Å². The molecule has 2 rings (SSSR count). The lowest BCUT2D eigenvalue weighted by molar-refractivity contribution is 0.405. The molecule has 0 aromatic carbocycles. The lowest BCUT2D eigenvalue weighted by Gasteiger charge is -2.09. The van der Waals surface area contributed by atoms with E-state index < -0.39 is 0 Å². The number of nitrogens with two attached hydrogens (primary N) is 1. The summed E-state index contributed by atoms with van der Waals surface area (Å²) in [6, 6.07) is 2.23. The van der Waals surface area contributed by atoms with E-state index in [2.05, 4.69) is 27.1 Å². The fraction of sp³-hybridized carbons (Fsp3) is 0.556. The topological polar surface area (TPSA) is 67.6 Å². The van der Waals surface area contributed by atoms with Gasteiger partial charge < -0.3 is 5.73 Å². The summed E-state index contributed by atoms with van der Waals surface area (Å²) in [7, 11) is 0. The third kappa shape index (κ3) is 1.75. The van der Waals surface area contributed by atoms with Crippen molar-refractivity contribution >= 4 is 21.7 Å². The summed E-state index contributed by atoms with van der Waals surface area (Å²) in [4.78, 5) is 0. The van der Waals surface area contributed by atoms with Gasteiger partial charge in [-0.15, -0.1) is 0 Å². The molecule has 1 aromatic rings. The maximum Gasteiger partial charge on any atom is 0.159 e. The average Bonchev–Trinajstić information content (AvgIpc) is 2.77. The van der Waals surface area contributed by atoms with Crippen LogP contribution in [0.25, 0.3) is 0 Å². The Bertz CT molecular complexity index is 367. The Morgan fingerprint density at radius 1 is 1.71 bits per heavy atom. The summed E-state index contributed by atoms with van der Waals surface area (Å²) < 4.78 is 2.65. The van der Waals surface area contributed by atoms with Crippen LogP contribution in [-0.2, 0) is 6.54 Å². The molecule has 0 radical (unpaired) electrons. The van der Waals surface area contributed by atoms with Crippen LogP contribution < -0.4 is 5.73 Å². The Morgan fingerprint density at radius 3 is 2.86 bits per heavy atom. The molecule has 5 heteroatoms. The highest BCUT2D eigenvalue weighted by Gasteiger charge is 2.43. The van der Waals surface area contributed by atoms with Gasteiger partial charge in [0.25, 0.3) is 0 Å². The molecular weight excluding hydrogens is 244 g/mol. The van der Waals surface area contributed by atoms with Crippen LogP contribution in [0.2, 0.25) is 0 Å². The van der Waals surface area contributed by atoms with Gasteiger partial charge in [-0.25, -0.2) is 0 Å². The molecule has 14 heavy (non-hydrogen) atoms. The lowest BCUT2D eigenvalue weighted by Crippen LogP contribution is -2.11. The number of hydrogen-bond acceptors (Lipinski definition) is 3. The molecule has 4 nitrogen and oxygen atoms in total. The molecular formula is C9H11BrN4. The first kappa shape index (κ1) is 9.53. The second-order valence-electron chi connectivity index (χ2n) is 3.89. The van der Waals surface area contributed by atoms with Crippen molar-refractivity contribution in [2.24, 2.45) is 5.41 Å². The van der Waals surface area contributed by atoms with E-state index in [4.69, 9.17) is 11.0 Å². The highest BCUT2D eigenvalue weighted by Crippen LogP contribution is 2.49. The predicted molar refractivity (Wildman–Crippen MR) is 56.2 cm³/mol. The SMILES string of the molecule is N#CCC1(Cn2cc(Br)c(N)n2)CC1. The van der Waals surface area contributed by atoms with Gasteiger partial charge in [-0.1, -0.05) is 0 Å². The molecule has 0 bridgehead atoms. The molecule has 0 amide bonds. The Hall–Kier alpha value is -1.02. The van der Waals surface area contributed by atoms with Crippen LogP contribution in [0.4, 0.5) is 5.82 Å². The Kier molecular flexibility index (Phi) is 2.23. The van der Waals surface area contributed by atoms with Crippen molar-refractivity contribution in [2.75, 3.05) is 5.73 Å². The minimum atomic E-state index is 0.173. The zero-order chi connectivity index (χ0) is 10.2. The molecule has 1 aliphatic rings. The largest absolute Gasteiger partial charge is 0.381 e.